The van der Waals surface area contributed by atoms with Gasteiger partial charge in [-0.15, -0.1) is 0 Å². The Morgan fingerprint density at radius 2 is 1.86 bits per heavy atom. The molecule has 0 saturated carbocycles. The molecule has 3 aromatic rings. The van der Waals surface area contributed by atoms with Crippen LogP contribution in [0.1, 0.15) is 23.7 Å². The average Bonchev–Trinajstić information content (AvgIpc) is 2.72. The predicted molar refractivity (Wildman–Crippen MR) is 114 cm³/mol. The topological polar surface area (TPSA) is 84.2 Å². The Kier molecular flexibility index (Phi) is 6.69. The molecule has 0 aliphatic carbocycles. The third kappa shape index (κ3) is 4.85. The van der Waals surface area contributed by atoms with Gasteiger partial charge < -0.3 is 10.4 Å². The number of aromatic nitrogens is 2. The van der Waals surface area contributed by atoms with E-state index in [1.165, 1.54) is 6.07 Å². The molecule has 0 spiro atoms. The SMILES string of the molecule is CC[C@@H](CO)NC(=O)c1cc(-c2ccc(Cl)cc2)nn(-c2cccc(Cl)c2)c1=O. The summed E-state index contributed by atoms with van der Waals surface area (Å²) >= 11 is 12.0. The molecule has 0 bridgehead atoms. The molecule has 0 unspecified atom stereocenters. The van der Waals surface area contributed by atoms with Crippen LogP contribution in [-0.4, -0.2) is 33.4 Å². The van der Waals surface area contributed by atoms with Crippen LogP contribution in [0.25, 0.3) is 16.9 Å². The molecule has 2 aromatic carbocycles. The zero-order valence-corrected chi connectivity index (χ0v) is 17.1. The second kappa shape index (κ2) is 9.22. The van der Waals surface area contributed by atoms with Crippen LogP contribution in [0.4, 0.5) is 0 Å². The van der Waals surface area contributed by atoms with Gasteiger partial charge >= 0.3 is 0 Å². The monoisotopic (exact) mass is 431 g/mol. The van der Waals surface area contributed by atoms with Crippen molar-refractivity contribution in [3.8, 4) is 16.9 Å². The number of aliphatic hydroxyl groups excluding tert-OH is 1. The number of carbonyl (C=O) groups is 1. The van der Waals surface area contributed by atoms with E-state index in [0.717, 1.165) is 4.68 Å². The van der Waals surface area contributed by atoms with Gasteiger partial charge in [0, 0.05) is 15.6 Å². The number of benzene rings is 2. The van der Waals surface area contributed by atoms with Crippen molar-refractivity contribution in [2.75, 3.05) is 6.61 Å². The standard InChI is InChI=1S/C21H19Cl2N3O3/c1-2-16(12-27)24-20(28)18-11-19(13-6-8-14(22)9-7-13)25-26(21(18)29)17-5-3-4-15(23)10-17/h3-11,16,27H,2,12H2,1H3,(H,24,28)/t16-/m0/s1. The van der Waals surface area contributed by atoms with Crippen molar-refractivity contribution >= 4 is 29.1 Å². The van der Waals surface area contributed by atoms with E-state index >= 15 is 0 Å². The van der Waals surface area contributed by atoms with E-state index in [1.807, 2.05) is 6.92 Å². The highest BCUT2D eigenvalue weighted by Crippen LogP contribution is 2.21. The lowest BCUT2D eigenvalue weighted by molar-refractivity contribution is 0.0913. The molecule has 0 saturated heterocycles. The van der Waals surface area contributed by atoms with Crippen LogP contribution in [0, 0.1) is 0 Å². The maximum absolute atomic E-state index is 13.0. The molecule has 0 aliphatic rings. The molecule has 1 heterocycles. The summed E-state index contributed by atoms with van der Waals surface area (Å²) in [6.45, 7) is 1.61. The first-order valence-electron chi connectivity index (χ1n) is 9.01. The molecule has 1 amide bonds. The van der Waals surface area contributed by atoms with Crippen molar-refractivity contribution < 1.29 is 9.90 Å². The Morgan fingerprint density at radius 3 is 2.48 bits per heavy atom. The summed E-state index contributed by atoms with van der Waals surface area (Å²) in [6, 6.07) is 14.5. The number of halogens is 2. The molecular weight excluding hydrogens is 413 g/mol. The van der Waals surface area contributed by atoms with Gasteiger partial charge in [0.1, 0.15) is 5.56 Å². The largest absolute Gasteiger partial charge is 0.394 e. The summed E-state index contributed by atoms with van der Waals surface area (Å²) in [5.41, 5.74) is 0.866. The number of hydrogen-bond acceptors (Lipinski definition) is 4. The molecule has 0 aliphatic heterocycles. The Hall–Kier alpha value is -2.67. The van der Waals surface area contributed by atoms with Gasteiger partial charge in [-0.2, -0.15) is 9.78 Å². The number of hydrogen-bond donors (Lipinski definition) is 2. The molecule has 6 nitrogen and oxygen atoms in total. The smallest absolute Gasteiger partial charge is 0.284 e. The second-order valence-electron chi connectivity index (χ2n) is 6.41. The number of nitrogens with one attached hydrogen (secondary N) is 1. The van der Waals surface area contributed by atoms with E-state index in [1.54, 1.807) is 48.5 Å². The van der Waals surface area contributed by atoms with Gasteiger partial charge in [-0.1, -0.05) is 48.3 Å². The summed E-state index contributed by atoms with van der Waals surface area (Å²) < 4.78 is 1.14. The summed E-state index contributed by atoms with van der Waals surface area (Å²) in [4.78, 5) is 25.8. The van der Waals surface area contributed by atoms with Gasteiger partial charge in [0.25, 0.3) is 11.5 Å². The lowest BCUT2D eigenvalue weighted by atomic mass is 10.1. The maximum atomic E-state index is 13.0. The van der Waals surface area contributed by atoms with Crippen molar-refractivity contribution in [3.05, 3.63) is 80.6 Å². The number of nitrogens with zero attached hydrogens (tertiary/aromatic N) is 2. The van der Waals surface area contributed by atoms with Crippen LogP contribution in [0.5, 0.6) is 0 Å². The molecule has 8 heteroatoms. The zero-order valence-electron chi connectivity index (χ0n) is 15.6. The fraction of sp³-hybridized carbons (Fsp3) is 0.190. The highest BCUT2D eigenvalue weighted by Gasteiger charge is 2.19. The van der Waals surface area contributed by atoms with Gasteiger partial charge in [-0.25, -0.2) is 0 Å². The first kappa shape index (κ1) is 21.0. The number of carbonyl (C=O) groups excluding carboxylic acids is 1. The molecule has 1 atom stereocenters. The molecule has 3 rings (SSSR count). The maximum Gasteiger partial charge on any atom is 0.284 e. The van der Waals surface area contributed by atoms with Crippen molar-refractivity contribution in [2.45, 2.75) is 19.4 Å². The van der Waals surface area contributed by atoms with Gasteiger partial charge in [0.2, 0.25) is 0 Å². The molecule has 0 fully saturated rings. The highest BCUT2D eigenvalue weighted by molar-refractivity contribution is 6.31. The van der Waals surface area contributed by atoms with Crippen LogP contribution < -0.4 is 10.9 Å². The van der Waals surface area contributed by atoms with Crippen LogP contribution in [0.3, 0.4) is 0 Å². The summed E-state index contributed by atoms with van der Waals surface area (Å²) in [5.74, 6) is -0.579. The van der Waals surface area contributed by atoms with E-state index < -0.39 is 17.5 Å². The predicted octanol–water partition coefficient (Wildman–Crippen LogP) is 3.71. The van der Waals surface area contributed by atoms with Gasteiger partial charge in [0.05, 0.1) is 24.0 Å². The minimum Gasteiger partial charge on any atom is -0.394 e. The zero-order chi connectivity index (χ0) is 21.0. The summed E-state index contributed by atoms with van der Waals surface area (Å²) in [5, 5.41) is 17.5. The van der Waals surface area contributed by atoms with Gasteiger partial charge in [0.15, 0.2) is 0 Å². The lowest BCUT2D eigenvalue weighted by Gasteiger charge is -2.15. The van der Waals surface area contributed by atoms with Crippen molar-refractivity contribution in [3.63, 3.8) is 0 Å². The third-order valence-corrected chi connectivity index (χ3v) is 4.88. The second-order valence-corrected chi connectivity index (χ2v) is 7.28. The Labute approximate surface area is 177 Å². The summed E-state index contributed by atoms with van der Waals surface area (Å²) in [6.07, 6.45) is 0.528. The molecule has 1 aromatic heterocycles. The number of rotatable bonds is 6. The summed E-state index contributed by atoms with van der Waals surface area (Å²) in [7, 11) is 0. The van der Waals surface area contributed by atoms with Crippen LogP contribution >= 0.6 is 23.2 Å². The van der Waals surface area contributed by atoms with Crippen molar-refractivity contribution in [2.24, 2.45) is 0 Å². The molecule has 2 N–H and O–H groups in total. The van der Waals surface area contributed by atoms with E-state index in [2.05, 4.69) is 10.4 Å². The molecule has 150 valence electrons. The minimum absolute atomic E-state index is 0.0863. The van der Waals surface area contributed by atoms with Crippen LogP contribution in [-0.2, 0) is 0 Å². The minimum atomic E-state index is -0.588. The van der Waals surface area contributed by atoms with E-state index in [-0.39, 0.29) is 12.2 Å². The number of aliphatic hydroxyl groups is 1. The third-order valence-electron chi connectivity index (χ3n) is 4.40. The van der Waals surface area contributed by atoms with E-state index in [9.17, 15) is 14.7 Å². The quantitative estimate of drug-likeness (QED) is 0.622. The normalized spacial score (nSPS) is 11.9. The molecule has 29 heavy (non-hydrogen) atoms. The average molecular weight is 432 g/mol. The van der Waals surface area contributed by atoms with Gasteiger partial charge in [-0.05, 0) is 42.8 Å². The Balaban J connectivity index is 2.17. The van der Waals surface area contributed by atoms with Crippen LogP contribution in [0.2, 0.25) is 10.0 Å². The number of amides is 1. The molecular formula is C21H19Cl2N3O3. The Morgan fingerprint density at radius 1 is 1.14 bits per heavy atom. The fourth-order valence-electron chi connectivity index (χ4n) is 2.74. The van der Waals surface area contributed by atoms with Crippen molar-refractivity contribution in [1.29, 1.82) is 0 Å². The van der Waals surface area contributed by atoms with Crippen LogP contribution in [0.15, 0.2) is 59.4 Å². The van der Waals surface area contributed by atoms with E-state index in [4.69, 9.17) is 23.2 Å². The van der Waals surface area contributed by atoms with Crippen molar-refractivity contribution in [1.82, 2.24) is 15.1 Å². The Bertz CT molecular complexity index is 1080. The van der Waals surface area contributed by atoms with Gasteiger partial charge in [-0.3, -0.25) is 9.59 Å². The first-order valence-corrected chi connectivity index (χ1v) is 9.76. The lowest BCUT2D eigenvalue weighted by Crippen LogP contribution is -2.40. The highest BCUT2D eigenvalue weighted by atomic mass is 35.5. The first-order chi connectivity index (χ1) is 13.9. The van der Waals surface area contributed by atoms with E-state index in [0.29, 0.717) is 33.4 Å². The fourth-order valence-corrected chi connectivity index (χ4v) is 3.05. The molecule has 0 radical (unpaired) electrons.